The van der Waals surface area contributed by atoms with Crippen LogP contribution in [0.4, 0.5) is 16.2 Å². The second-order valence-electron chi connectivity index (χ2n) is 10.0. The van der Waals surface area contributed by atoms with Crippen LogP contribution in [0.3, 0.4) is 0 Å². The van der Waals surface area contributed by atoms with Crippen LogP contribution in [0.1, 0.15) is 31.7 Å². The molecule has 2 aliphatic rings. The molecule has 0 bridgehead atoms. The highest BCUT2D eigenvalue weighted by Crippen LogP contribution is 2.40. The monoisotopic (exact) mass is 609 g/mol. The molecule has 0 saturated carbocycles. The van der Waals surface area contributed by atoms with Crippen LogP contribution in [-0.2, 0) is 23.6 Å². The van der Waals surface area contributed by atoms with Gasteiger partial charge < -0.3 is 39.9 Å². The maximum absolute atomic E-state index is 15.2. The van der Waals surface area contributed by atoms with E-state index in [1.54, 1.807) is 0 Å². The zero-order chi connectivity index (χ0) is 29.5. The molecule has 0 aliphatic carbocycles. The van der Waals surface area contributed by atoms with E-state index in [-0.39, 0.29) is 48.4 Å². The Morgan fingerprint density at radius 3 is 2.86 bits per heavy atom. The molecule has 42 heavy (non-hydrogen) atoms. The average Bonchev–Trinajstić information content (AvgIpc) is 3.73. The SMILES string of the molecule is Nc1nc2c(ncn2[C@@H]2OC(OC(O)CC[C@H]3C[C@H](n4ccc5c(N)ncnc54)O[C@@H]3COP)[C@@H](F)[C@H]2OO)c(=O)[nH]1. The molecule has 6 heterocycles. The largest absolute Gasteiger partial charge is 0.383 e. The maximum atomic E-state index is 15.2. The van der Waals surface area contributed by atoms with Crippen molar-refractivity contribution in [2.24, 2.45) is 5.92 Å². The highest BCUT2D eigenvalue weighted by molar-refractivity contribution is 7.09. The normalized spacial score (nSPS) is 28.7. The van der Waals surface area contributed by atoms with Gasteiger partial charge in [-0.1, -0.05) is 0 Å². The summed E-state index contributed by atoms with van der Waals surface area (Å²) in [6, 6.07) is 1.82. The third-order valence-electron chi connectivity index (χ3n) is 7.52. The Morgan fingerprint density at radius 2 is 2.07 bits per heavy atom. The zero-order valence-corrected chi connectivity index (χ0v) is 23.0. The number of aliphatic hydroxyl groups excluding tert-OH is 1. The van der Waals surface area contributed by atoms with Crippen molar-refractivity contribution in [3.63, 3.8) is 0 Å². The van der Waals surface area contributed by atoms with Gasteiger partial charge in [-0.25, -0.2) is 24.2 Å². The summed E-state index contributed by atoms with van der Waals surface area (Å²) in [4.78, 5) is 35.1. The van der Waals surface area contributed by atoms with E-state index in [0.29, 0.717) is 29.7 Å². The summed E-state index contributed by atoms with van der Waals surface area (Å²) in [5, 5.41) is 20.8. The van der Waals surface area contributed by atoms with Crippen LogP contribution in [-0.4, -0.2) is 82.0 Å². The van der Waals surface area contributed by atoms with Crippen LogP contribution >= 0.6 is 9.47 Å². The molecular weight excluding hydrogens is 580 g/mol. The number of H-pyrrole nitrogens is 1. The smallest absolute Gasteiger partial charge is 0.280 e. The predicted molar refractivity (Wildman–Crippen MR) is 145 cm³/mol. The molecule has 4 aromatic rings. The lowest BCUT2D eigenvalue weighted by Gasteiger charge is -2.21. The molecule has 3 unspecified atom stereocenters. The summed E-state index contributed by atoms with van der Waals surface area (Å²) in [7, 11) is 2.20. The highest BCUT2D eigenvalue weighted by Gasteiger charge is 2.50. The van der Waals surface area contributed by atoms with E-state index in [1.807, 2.05) is 16.8 Å². The Morgan fingerprint density at radius 1 is 1.24 bits per heavy atom. The Bertz CT molecular complexity index is 1620. The molecule has 4 aromatic heterocycles. The number of alkyl halides is 1. The first-order valence-electron chi connectivity index (χ1n) is 13.0. The van der Waals surface area contributed by atoms with Crippen LogP contribution in [0, 0.1) is 5.92 Å². The molecule has 0 aromatic carbocycles. The van der Waals surface area contributed by atoms with Gasteiger partial charge in [0.25, 0.3) is 5.56 Å². The number of fused-ring (bicyclic) bond motifs is 2. The lowest BCUT2D eigenvalue weighted by molar-refractivity contribution is -0.300. The lowest BCUT2D eigenvalue weighted by Crippen LogP contribution is -2.33. The Hall–Kier alpha value is -3.35. The van der Waals surface area contributed by atoms with Crippen molar-refractivity contribution in [3.8, 4) is 0 Å². The molecule has 0 spiro atoms. The predicted octanol–water partition coefficient (Wildman–Crippen LogP) is 0.606. The van der Waals surface area contributed by atoms with Gasteiger partial charge in [-0.05, 0) is 31.2 Å². The van der Waals surface area contributed by atoms with E-state index in [1.165, 1.54) is 17.2 Å². The maximum Gasteiger partial charge on any atom is 0.280 e. The van der Waals surface area contributed by atoms with Crippen LogP contribution in [0.2, 0.25) is 0 Å². The number of nitrogens with one attached hydrogen (secondary N) is 1. The van der Waals surface area contributed by atoms with Crippen LogP contribution in [0.25, 0.3) is 22.2 Å². The number of ether oxygens (including phenoxy) is 3. The first-order valence-corrected chi connectivity index (χ1v) is 13.5. The number of anilines is 2. The first kappa shape index (κ1) is 28.8. The second kappa shape index (κ2) is 11.7. The van der Waals surface area contributed by atoms with E-state index in [4.69, 9.17) is 30.2 Å². The molecule has 6 rings (SSSR count). The van der Waals surface area contributed by atoms with Gasteiger partial charge in [-0.2, -0.15) is 4.98 Å². The van der Waals surface area contributed by atoms with E-state index < -0.39 is 36.6 Å². The molecule has 226 valence electrons. The molecule has 2 fully saturated rings. The van der Waals surface area contributed by atoms with Crippen molar-refractivity contribution < 1.29 is 38.4 Å². The van der Waals surface area contributed by atoms with Crippen LogP contribution in [0.15, 0.2) is 29.7 Å². The number of imidazole rings is 1. The minimum Gasteiger partial charge on any atom is -0.383 e. The van der Waals surface area contributed by atoms with Crippen molar-refractivity contribution in [2.45, 2.75) is 62.7 Å². The molecule has 19 heteroatoms. The summed E-state index contributed by atoms with van der Waals surface area (Å²) in [5.41, 5.74) is 11.5. The Kier molecular flexibility index (Phi) is 8.03. The number of aromatic nitrogens is 7. The van der Waals surface area contributed by atoms with Crippen molar-refractivity contribution in [2.75, 3.05) is 18.1 Å². The Balaban J connectivity index is 1.11. The van der Waals surface area contributed by atoms with Gasteiger partial charge in [-0.3, -0.25) is 19.6 Å². The van der Waals surface area contributed by atoms with Crippen molar-refractivity contribution in [1.29, 1.82) is 0 Å². The van der Waals surface area contributed by atoms with Gasteiger partial charge in [0, 0.05) is 15.7 Å². The van der Waals surface area contributed by atoms with Gasteiger partial charge in [0.1, 0.15) is 24.0 Å². The van der Waals surface area contributed by atoms with Gasteiger partial charge in [0.2, 0.25) is 5.95 Å². The number of halogens is 1. The summed E-state index contributed by atoms with van der Waals surface area (Å²) in [6.07, 6.45) is -3.11. The van der Waals surface area contributed by atoms with Crippen molar-refractivity contribution in [1.82, 2.24) is 34.1 Å². The number of rotatable bonds is 10. The van der Waals surface area contributed by atoms with E-state index in [9.17, 15) is 15.2 Å². The minimum absolute atomic E-state index is 0.0144. The van der Waals surface area contributed by atoms with Gasteiger partial charge in [0.15, 0.2) is 42.2 Å². The standard InChI is InChI=1S/C23H29FN9O8P/c24-14-16(41-36)21(33-8-29-15-19(33)30-23(26)31-20(15)35)40-22(14)39-13(34)2-1-9-5-12(38-11(9)6-37-42)32-4-3-10-17(25)27-7-28-18(10)32/h3-4,7-9,11-14,16,21-22,34,36H,1-2,5-6,42H2,(H2,25,27,28)(H3,26,30,31,35)/t9-,11+,12+,13?,14-,16+,21+,22?/m0/s1. The fraction of sp³-hybridized carbons (Fsp3) is 0.522. The molecule has 0 radical (unpaired) electrons. The van der Waals surface area contributed by atoms with Gasteiger partial charge >= 0.3 is 0 Å². The van der Waals surface area contributed by atoms with Gasteiger partial charge in [0.05, 0.1) is 24.4 Å². The third kappa shape index (κ3) is 5.20. The molecular formula is C23H29FN9O8P. The molecule has 2 aliphatic heterocycles. The number of hydrogen-bond acceptors (Lipinski definition) is 14. The number of aromatic amines is 1. The van der Waals surface area contributed by atoms with Crippen molar-refractivity contribution >= 4 is 43.4 Å². The topological polar surface area (TPSA) is 233 Å². The number of nitrogen functional groups attached to an aromatic ring is 2. The van der Waals surface area contributed by atoms with Crippen molar-refractivity contribution in [3.05, 3.63) is 35.3 Å². The zero-order valence-electron chi connectivity index (χ0n) is 21.9. The number of nitrogens with two attached hydrogens (primary N) is 2. The van der Waals surface area contributed by atoms with Crippen LogP contribution in [0.5, 0.6) is 0 Å². The van der Waals surface area contributed by atoms with Gasteiger partial charge in [-0.15, -0.1) is 0 Å². The average molecular weight is 610 g/mol. The number of hydrogen-bond donors (Lipinski definition) is 5. The summed E-state index contributed by atoms with van der Waals surface area (Å²) in [6.45, 7) is 0.287. The fourth-order valence-corrected chi connectivity index (χ4v) is 5.70. The molecule has 17 nitrogen and oxygen atoms in total. The van der Waals surface area contributed by atoms with E-state index >= 15 is 4.39 Å². The van der Waals surface area contributed by atoms with Crippen LogP contribution < -0.4 is 17.0 Å². The number of aliphatic hydroxyl groups is 1. The second-order valence-corrected chi connectivity index (χ2v) is 10.4. The fourth-order valence-electron chi connectivity index (χ4n) is 5.51. The minimum atomic E-state index is -2.01. The molecule has 2 saturated heterocycles. The Labute approximate surface area is 238 Å². The van der Waals surface area contributed by atoms with E-state index in [0.717, 1.165) is 0 Å². The first-order chi connectivity index (χ1) is 20.3. The summed E-state index contributed by atoms with van der Waals surface area (Å²) >= 11 is 0. The summed E-state index contributed by atoms with van der Waals surface area (Å²) < 4.78 is 40.9. The number of nitrogens with zero attached hydrogens (tertiary/aromatic N) is 6. The quantitative estimate of drug-likeness (QED) is 0.0717. The molecule has 9 atom stereocenters. The lowest BCUT2D eigenvalue weighted by atomic mass is 9.95. The third-order valence-corrected chi connectivity index (χ3v) is 7.72. The highest BCUT2D eigenvalue weighted by atomic mass is 31.0. The van der Waals surface area contributed by atoms with E-state index in [2.05, 4.69) is 39.3 Å². The molecule has 0 amide bonds. The summed E-state index contributed by atoms with van der Waals surface area (Å²) in [5.74, 6) is 0.119. The molecule has 7 N–H and O–H groups in total.